The lowest BCUT2D eigenvalue weighted by atomic mass is 10.1. The third-order valence-electron chi connectivity index (χ3n) is 1.91. The van der Waals surface area contributed by atoms with Crippen LogP contribution < -0.4 is 0 Å². The molecule has 0 radical (unpaired) electrons. The van der Waals surface area contributed by atoms with Crippen molar-refractivity contribution in [1.82, 2.24) is 0 Å². The van der Waals surface area contributed by atoms with E-state index in [2.05, 4.69) is 4.74 Å². The second kappa shape index (κ2) is 3.25. The first-order valence-electron chi connectivity index (χ1n) is 3.52. The van der Waals surface area contributed by atoms with Gasteiger partial charge in [0, 0.05) is 0 Å². The van der Waals surface area contributed by atoms with Crippen molar-refractivity contribution in [3.63, 3.8) is 0 Å². The molecular weight excluding hydrogens is 169 g/mol. The van der Waals surface area contributed by atoms with Crippen molar-refractivity contribution >= 4 is 0 Å². The molecule has 1 aliphatic rings. The van der Waals surface area contributed by atoms with Gasteiger partial charge in [-0.15, -0.1) is 0 Å². The standard InChI is InChI=1S/C6H12O6/c7-2-6(11)5(10)4(9)3(8)1-12-6/h3-5,7-11H,1-2H2/t3-,4-,5+,6+/m1/s1/i6+1. The third kappa shape index (κ3) is 1.45. The van der Waals surface area contributed by atoms with Gasteiger partial charge in [0.05, 0.1) is 13.2 Å². The molecule has 0 saturated carbocycles. The highest BCUT2D eigenvalue weighted by atomic mass is 16.8. The van der Waals surface area contributed by atoms with Gasteiger partial charge in [-0.1, -0.05) is 0 Å². The molecule has 1 rings (SSSR count). The highest BCUT2D eigenvalue weighted by Gasteiger charge is 2.47. The molecule has 72 valence electrons. The summed E-state index contributed by atoms with van der Waals surface area (Å²) < 4.78 is 4.56. The Morgan fingerprint density at radius 1 is 1.33 bits per heavy atom. The molecule has 1 fully saturated rings. The number of ether oxygens (including phenoxy) is 1. The van der Waals surface area contributed by atoms with Crippen molar-refractivity contribution in [2.24, 2.45) is 0 Å². The molecule has 5 N–H and O–H groups in total. The Kier molecular flexibility index (Phi) is 2.67. The maximum Gasteiger partial charge on any atom is 0.218 e. The van der Waals surface area contributed by atoms with Crippen LogP contribution in [-0.2, 0) is 4.74 Å². The van der Waals surface area contributed by atoms with E-state index in [0.717, 1.165) is 0 Å². The number of aliphatic hydroxyl groups excluding tert-OH is 4. The summed E-state index contributed by atoms with van der Waals surface area (Å²) in [5, 5.41) is 45.0. The topological polar surface area (TPSA) is 110 Å². The van der Waals surface area contributed by atoms with Crippen LogP contribution in [0.4, 0.5) is 0 Å². The predicted molar refractivity (Wildman–Crippen MR) is 36.0 cm³/mol. The highest BCUT2D eigenvalue weighted by Crippen LogP contribution is 2.22. The molecule has 0 aromatic heterocycles. The van der Waals surface area contributed by atoms with Gasteiger partial charge in [-0.2, -0.15) is 0 Å². The summed E-state index contributed by atoms with van der Waals surface area (Å²) in [4.78, 5) is 0. The first-order valence-corrected chi connectivity index (χ1v) is 3.52. The molecular formula is C6H12O6. The lowest BCUT2D eigenvalue weighted by Gasteiger charge is -2.40. The Morgan fingerprint density at radius 3 is 2.42 bits per heavy atom. The van der Waals surface area contributed by atoms with E-state index >= 15 is 0 Å². The van der Waals surface area contributed by atoms with Crippen LogP contribution in [-0.4, -0.2) is 62.8 Å². The highest BCUT2D eigenvalue weighted by molar-refractivity contribution is 4.90. The van der Waals surface area contributed by atoms with Gasteiger partial charge in [-0.25, -0.2) is 0 Å². The number of hydrogen-bond acceptors (Lipinski definition) is 6. The average Bonchev–Trinajstić information content (AvgIpc) is 2.09. The Morgan fingerprint density at radius 2 is 1.92 bits per heavy atom. The van der Waals surface area contributed by atoms with Gasteiger partial charge in [0.15, 0.2) is 0 Å². The van der Waals surface area contributed by atoms with Crippen molar-refractivity contribution < 1.29 is 30.3 Å². The summed E-state index contributed by atoms with van der Waals surface area (Å²) in [6.45, 7) is -1.16. The van der Waals surface area contributed by atoms with Crippen LogP contribution in [0.25, 0.3) is 0 Å². The fourth-order valence-electron chi connectivity index (χ4n) is 1.03. The van der Waals surface area contributed by atoms with E-state index in [1.54, 1.807) is 0 Å². The molecule has 0 aliphatic carbocycles. The van der Waals surface area contributed by atoms with E-state index in [4.69, 9.17) is 20.4 Å². The first-order chi connectivity index (χ1) is 5.51. The molecule has 0 aromatic rings. The molecule has 4 atom stereocenters. The fraction of sp³-hybridized carbons (Fsp3) is 1.00. The summed E-state index contributed by atoms with van der Waals surface area (Å²) >= 11 is 0. The third-order valence-corrected chi connectivity index (χ3v) is 1.91. The van der Waals surface area contributed by atoms with Crippen molar-refractivity contribution in [2.45, 2.75) is 24.1 Å². The van der Waals surface area contributed by atoms with Gasteiger partial charge >= 0.3 is 0 Å². The zero-order valence-electron chi connectivity index (χ0n) is 6.29. The molecule has 6 nitrogen and oxygen atoms in total. The Hall–Kier alpha value is -0.240. The monoisotopic (exact) mass is 181 g/mol. The van der Waals surface area contributed by atoms with Gasteiger partial charge < -0.3 is 30.3 Å². The summed E-state index contributed by atoms with van der Waals surface area (Å²) in [7, 11) is 0. The second-order valence-electron chi connectivity index (χ2n) is 2.82. The molecule has 0 aromatic carbocycles. The molecule has 0 amide bonds. The SMILES string of the molecule is OC[13C@]1(O)OC[C@@H](O)[C@@H](O)[C@@H]1O. The Bertz CT molecular complexity index is 162. The molecule has 1 heterocycles. The maximum absolute atomic E-state index is 9.24. The van der Waals surface area contributed by atoms with Crippen molar-refractivity contribution in [2.75, 3.05) is 13.2 Å². The molecule has 1 saturated heterocycles. The summed E-state index contributed by atoms with van der Waals surface area (Å²) in [6.07, 6.45) is -4.45. The molecule has 6 heteroatoms. The van der Waals surface area contributed by atoms with Gasteiger partial charge in [0.1, 0.15) is 18.3 Å². The largest absolute Gasteiger partial charge is 0.391 e. The number of rotatable bonds is 1. The lowest BCUT2D eigenvalue weighted by Crippen LogP contribution is -2.62. The molecule has 0 bridgehead atoms. The lowest BCUT2D eigenvalue weighted by molar-refractivity contribution is -0.331. The normalized spacial score (nSPS) is 49.2. The molecule has 1 aliphatic heterocycles. The predicted octanol–water partition coefficient (Wildman–Crippen LogP) is -3.22. The minimum Gasteiger partial charge on any atom is -0.391 e. The van der Waals surface area contributed by atoms with Gasteiger partial charge in [-0.05, 0) is 0 Å². The van der Waals surface area contributed by atoms with Crippen molar-refractivity contribution in [3.8, 4) is 0 Å². The van der Waals surface area contributed by atoms with E-state index in [-0.39, 0.29) is 6.61 Å². The van der Waals surface area contributed by atoms with Crippen LogP contribution in [0.15, 0.2) is 0 Å². The van der Waals surface area contributed by atoms with Gasteiger partial charge in [0.2, 0.25) is 5.79 Å². The smallest absolute Gasteiger partial charge is 0.218 e. The van der Waals surface area contributed by atoms with E-state index in [9.17, 15) is 5.11 Å². The van der Waals surface area contributed by atoms with E-state index < -0.39 is 30.7 Å². The Balaban J connectivity index is 2.71. The summed E-state index contributed by atoms with van der Waals surface area (Å²) in [5.74, 6) is -2.17. The van der Waals surface area contributed by atoms with Crippen molar-refractivity contribution in [3.05, 3.63) is 0 Å². The summed E-state index contributed by atoms with van der Waals surface area (Å²) in [5.41, 5.74) is 0. The molecule has 12 heavy (non-hydrogen) atoms. The van der Waals surface area contributed by atoms with Crippen LogP contribution in [0.1, 0.15) is 0 Å². The van der Waals surface area contributed by atoms with Gasteiger partial charge in [0.25, 0.3) is 0 Å². The van der Waals surface area contributed by atoms with Crippen LogP contribution in [0, 0.1) is 0 Å². The fourth-order valence-corrected chi connectivity index (χ4v) is 1.03. The Labute approximate surface area is 68.6 Å². The number of hydrogen-bond donors (Lipinski definition) is 5. The second-order valence-corrected chi connectivity index (χ2v) is 2.82. The van der Waals surface area contributed by atoms with E-state index in [1.165, 1.54) is 0 Å². The molecule has 0 unspecified atom stereocenters. The molecule has 0 spiro atoms. The van der Waals surface area contributed by atoms with Crippen LogP contribution in [0.2, 0.25) is 0 Å². The minimum atomic E-state index is -2.17. The maximum atomic E-state index is 9.24. The van der Waals surface area contributed by atoms with E-state index in [1.807, 2.05) is 0 Å². The minimum absolute atomic E-state index is 0.324. The van der Waals surface area contributed by atoms with Crippen molar-refractivity contribution in [1.29, 1.82) is 0 Å². The van der Waals surface area contributed by atoms with Crippen LogP contribution in [0.5, 0.6) is 0 Å². The van der Waals surface area contributed by atoms with Crippen LogP contribution >= 0.6 is 0 Å². The van der Waals surface area contributed by atoms with Gasteiger partial charge in [-0.3, -0.25) is 0 Å². The zero-order valence-corrected chi connectivity index (χ0v) is 6.29. The van der Waals surface area contributed by atoms with Crippen LogP contribution in [0.3, 0.4) is 0 Å². The summed E-state index contributed by atoms with van der Waals surface area (Å²) in [6, 6.07) is 0. The number of aliphatic hydroxyl groups is 5. The quantitative estimate of drug-likeness (QED) is 0.272. The first kappa shape index (κ1) is 9.85. The van der Waals surface area contributed by atoms with E-state index in [0.29, 0.717) is 0 Å². The zero-order chi connectivity index (χ0) is 9.35. The average molecular weight is 181 g/mol.